The predicted octanol–water partition coefficient (Wildman–Crippen LogP) is 2.51. The fourth-order valence-electron chi connectivity index (χ4n) is 1.17. The minimum absolute atomic E-state index is 0.253. The van der Waals surface area contributed by atoms with E-state index in [1.165, 1.54) is 24.3 Å². The molecule has 0 spiro atoms. The largest absolute Gasteiger partial charge is 0.573 e. The molecule has 1 N–H and O–H groups in total. The van der Waals surface area contributed by atoms with Crippen molar-refractivity contribution >= 4 is 0 Å². The van der Waals surface area contributed by atoms with Gasteiger partial charge in [0.25, 0.3) is 0 Å². The molecule has 84 valence electrons. The number of benzene rings is 1. The lowest BCUT2D eigenvalue weighted by Gasteiger charge is -2.09. The number of rotatable bonds is 3. The first-order chi connectivity index (χ1) is 6.87. The van der Waals surface area contributed by atoms with Crippen LogP contribution in [0.1, 0.15) is 12.5 Å². The van der Waals surface area contributed by atoms with Gasteiger partial charge in [-0.1, -0.05) is 12.1 Å². The third-order valence-electron chi connectivity index (χ3n) is 1.69. The van der Waals surface area contributed by atoms with Crippen LogP contribution < -0.4 is 4.74 Å². The monoisotopic (exact) mass is 220 g/mol. The molecule has 2 nitrogen and oxygen atoms in total. The fourth-order valence-corrected chi connectivity index (χ4v) is 1.17. The van der Waals surface area contributed by atoms with Gasteiger partial charge in [0.15, 0.2) is 0 Å². The normalized spacial score (nSPS) is 13.7. The van der Waals surface area contributed by atoms with E-state index in [9.17, 15) is 13.2 Å². The summed E-state index contributed by atoms with van der Waals surface area (Å²) in [5.41, 5.74) is 0.763. The average molecular weight is 220 g/mol. The van der Waals surface area contributed by atoms with Crippen molar-refractivity contribution in [2.45, 2.75) is 25.8 Å². The molecule has 1 aromatic carbocycles. The third kappa shape index (κ3) is 4.69. The van der Waals surface area contributed by atoms with Crippen LogP contribution in [0.4, 0.5) is 13.2 Å². The molecule has 1 rings (SSSR count). The molecule has 15 heavy (non-hydrogen) atoms. The van der Waals surface area contributed by atoms with Crippen LogP contribution >= 0.6 is 0 Å². The first-order valence-corrected chi connectivity index (χ1v) is 4.39. The second-order valence-electron chi connectivity index (χ2n) is 3.24. The summed E-state index contributed by atoms with van der Waals surface area (Å²) in [7, 11) is 0. The Balaban J connectivity index is 2.64. The summed E-state index contributed by atoms with van der Waals surface area (Å²) < 4.78 is 39.1. The second-order valence-corrected chi connectivity index (χ2v) is 3.24. The van der Waals surface area contributed by atoms with Gasteiger partial charge in [-0.15, -0.1) is 13.2 Å². The second kappa shape index (κ2) is 4.53. The van der Waals surface area contributed by atoms with Gasteiger partial charge in [-0.05, 0) is 31.0 Å². The van der Waals surface area contributed by atoms with Crippen molar-refractivity contribution in [1.82, 2.24) is 0 Å². The molecule has 0 aliphatic heterocycles. The van der Waals surface area contributed by atoms with Crippen molar-refractivity contribution in [1.29, 1.82) is 0 Å². The molecule has 1 atom stereocenters. The van der Waals surface area contributed by atoms with Crippen LogP contribution in [-0.2, 0) is 6.42 Å². The van der Waals surface area contributed by atoms with Crippen LogP contribution in [0.15, 0.2) is 24.3 Å². The Kier molecular flexibility index (Phi) is 3.57. The summed E-state index contributed by atoms with van der Waals surface area (Å²) in [5, 5.41) is 9.05. The predicted molar refractivity (Wildman–Crippen MR) is 48.5 cm³/mol. The number of hydrogen-bond acceptors (Lipinski definition) is 2. The molecule has 0 heterocycles. The zero-order valence-electron chi connectivity index (χ0n) is 8.08. The molecule has 1 aromatic rings. The Hall–Kier alpha value is -1.23. The lowest BCUT2D eigenvalue weighted by atomic mass is 10.1. The first kappa shape index (κ1) is 11.8. The van der Waals surface area contributed by atoms with E-state index in [2.05, 4.69) is 4.74 Å². The molecule has 0 saturated heterocycles. The number of alkyl halides is 3. The van der Waals surface area contributed by atoms with Crippen LogP contribution in [0.2, 0.25) is 0 Å². The maximum atomic E-state index is 11.8. The molecular formula is C10H11F3O2. The van der Waals surface area contributed by atoms with Gasteiger partial charge in [-0.25, -0.2) is 0 Å². The first-order valence-electron chi connectivity index (χ1n) is 4.39. The van der Waals surface area contributed by atoms with Crippen LogP contribution in [0.3, 0.4) is 0 Å². The van der Waals surface area contributed by atoms with E-state index >= 15 is 0 Å². The van der Waals surface area contributed by atoms with E-state index in [0.29, 0.717) is 6.42 Å². The molecule has 0 aliphatic carbocycles. The molecular weight excluding hydrogens is 209 g/mol. The van der Waals surface area contributed by atoms with Gasteiger partial charge in [-0.3, -0.25) is 0 Å². The molecule has 1 unspecified atom stereocenters. The highest BCUT2D eigenvalue weighted by molar-refractivity contribution is 5.27. The van der Waals surface area contributed by atoms with Crippen molar-refractivity contribution in [3.63, 3.8) is 0 Å². The van der Waals surface area contributed by atoms with E-state index < -0.39 is 12.5 Å². The summed E-state index contributed by atoms with van der Waals surface area (Å²) >= 11 is 0. The fraction of sp³-hybridized carbons (Fsp3) is 0.400. The molecule has 0 aliphatic rings. The number of halogens is 3. The van der Waals surface area contributed by atoms with E-state index in [-0.39, 0.29) is 5.75 Å². The SMILES string of the molecule is CC(O)Cc1ccc(OC(F)(F)F)cc1. The molecule has 0 aromatic heterocycles. The zero-order valence-corrected chi connectivity index (χ0v) is 8.08. The highest BCUT2D eigenvalue weighted by Gasteiger charge is 2.30. The van der Waals surface area contributed by atoms with Crippen LogP contribution in [0.25, 0.3) is 0 Å². The smallest absolute Gasteiger partial charge is 0.406 e. The molecule has 0 bridgehead atoms. The van der Waals surface area contributed by atoms with E-state index in [1.807, 2.05) is 0 Å². The quantitative estimate of drug-likeness (QED) is 0.848. The Morgan fingerprint density at radius 1 is 1.27 bits per heavy atom. The van der Waals surface area contributed by atoms with Gasteiger partial charge in [0, 0.05) is 0 Å². The Bertz CT molecular complexity index is 303. The summed E-state index contributed by atoms with van der Waals surface area (Å²) in [6.45, 7) is 1.61. The van der Waals surface area contributed by atoms with Crippen molar-refractivity contribution in [2.24, 2.45) is 0 Å². The molecule has 5 heteroatoms. The van der Waals surface area contributed by atoms with Gasteiger partial charge >= 0.3 is 6.36 Å². The van der Waals surface area contributed by atoms with Gasteiger partial charge in [-0.2, -0.15) is 0 Å². The van der Waals surface area contributed by atoms with Gasteiger partial charge in [0.2, 0.25) is 0 Å². The van der Waals surface area contributed by atoms with E-state index in [0.717, 1.165) is 5.56 Å². The Morgan fingerprint density at radius 2 is 1.80 bits per heavy atom. The van der Waals surface area contributed by atoms with Gasteiger partial charge in [0.1, 0.15) is 5.75 Å². The van der Waals surface area contributed by atoms with Crippen molar-refractivity contribution in [2.75, 3.05) is 0 Å². The van der Waals surface area contributed by atoms with Crippen LogP contribution in [-0.4, -0.2) is 17.6 Å². The van der Waals surface area contributed by atoms with Crippen molar-refractivity contribution < 1.29 is 23.0 Å². The summed E-state index contributed by atoms with van der Waals surface area (Å²) in [5.74, 6) is -0.253. The minimum Gasteiger partial charge on any atom is -0.406 e. The number of aliphatic hydroxyl groups excluding tert-OH is 1. The molecule has 0 saturated carbocycles. The summed E-state index contributed by atoms with van der Waals surface area (Å²) in [4.78, 5) is 0. The maximum absolute atomic E-state index is 11.8. The van der Waals surface area contributed by atoms with E-state index in [1.54, 1.807) is 6.92 Å². The summed E-state index contributed by atoms with van der Waals surface area (Å²) in [6.07, 6.45) is -4.77. The van der Waals surface area contributed by atoms with E-state index in [4.69, 9.17) is 5.11 Å². The maximum Gasteiger partial charge on any atom is 0.573 e. The number of ether oxygens (including phenoxy) is 1. The zero-order chi connectivity index (χ0) is 11.5. The van der Waals surface area contributed by atoms with Gasteiger partial charge in [0.05, 0.1) is 6.10 Å². The van der Waals surface area contributed by atoms with Crippen molar-refractivity contribution in [3.05, 3.63) is 29.8 Å². The van der Waals surface area contributed by atoms with Crippen molar-refractivity contribution in [3.8, 4) is 5.75 Å². The highest BCUT2D eigenvalue weighted by Crippen LogP contribution is 2.22. The molecule has 0 amide bonds. The van der Waals surface area contributed by atoms with Crippen LogP contribution in [0, 0.1) is 0 Å². The topological polar surface area (TPSA) is 29.5 Å². The molecule has 0 fully saturated rings. The Morgan fingerprint density at radius 3 is 2.20 bits per heavy atom. The lowest BCUT2D eigenvalue weighted by molar-refractivity contribution is -0.274. The number of aliphatic hydroxyl groups is 1. The lowest BCUT2D eigenvalue weighted by Crippen LogP contribution is -2.17. The average Bonchev–Trinajstić information content (AvgIpc) is 2.05. The summed E-state index contributed by atoms with van der Waals surface area (Å²) in [6, 6.07) is 5.44. The molecule has 0 radical (unpaired) electrons. The highest BCUT2D eigenvalue weighted by atomic mass is 19.4. The minimum atomic E-state index is -4.66. The Labute approximate surface area is 85.3 Å². The van der Waals surface area contributed by atoms with Gasteiger partial charge < -0.3 is 9.84 Å². The third-order valence-corrected chi connectivity index (χ3v) is 1.69. The van der Waals surface area contributed by atoms with Crippen LogP contribution in [0.5, 0.6) is 5.75 Å². The standard InChI is InChI=1S/C10H11F3O2/c1-7(14)6-8-2-4-9(5-3-8)15-10(11,12)13/h2-5,7,14H,6H2,1H3. The number of hydrogen-bond donors (Lipinski definition) is 1.